The number of Topliss-reactive ketones (excluding diaryl/α,β-unsaturated/α-hetero) is 2. The van der Waals surface area contributed by atoms with Crippen molar-refractivity contribution in [3.05, 3.63) is 57.6 Å². The third kappa shape index (κ3) is 20.4. The lowest BCUT2D eigenvalue weighted by atomic mass is 9.86. The number of rotatable bonds is 37. The molecule has 0 bridgehead atoms. The SMILES string of the molecule is Cc1c(N)nc(C(CC(N)=O)NCC(N)C(N)=O)nc1C(=O)NC(C(=O)CC(C)C(O)C(C)C(=O)NC(C(=O)CCCc1nc(-c2ncc(C(=O)NCCCN(C)C)[nH]2)cs1)C(C)O)C(OC1OC(CO)C(O)C(O)C1OC1OC(CO)C(O)C(OC(N)=O)C1O)c1cnc[nH]1. The van der Waals surface area contributed by atoms with Gasteiger partial charge in [0.1, 0.15) is 89.6 Å². The number of hydrogen-bond donors (Lipinski definition) is 19. The van der Waals surface area contributed by atoms with Crippen molar-refractivity contribution in [3.63, 3.8) is 0 Å². The summed E-state index contributed by atoms with van der Waals surface area (Å²) >= 11 is 1.29. The van der Waals surface area contributed by atoms with Gasteiger partial charge in [-0.25, -0.2) is 29.7 Å². The number of carbonyl (C=O) groups is 8. The van der Waals surface area contributed by atoms with Gasteiger partial charge in [-0.1, -0.05) is 13.8 Å². The number of anilines is 1. The summed E-state index contributed by atoms with van der Waals surface area (Å²) in [6.45, 7) is 4.19. The van der Waals surface area contributed by atoms with Gasteiger partial charge in [-0.3, -0.25) is 33.6 Å². The molecule has 39 heteroatoms. The molecule has 2 saturated heterocycles. The van der Waals surface area contributed by atoms with Crippen LogP contribution < -0.4 is 49.9 Å². The molecule has 6 amide bonds. The molecular formula is C57H87N17O21S. The van der Waals surface area contributed by atoms with E-state index in [0.29, 0.717) is 29.5 Å². The number of aryl methyl sites for hydroxylation is 1. The Morgan fingerprint density at radius 1 is 0.823 bits per heavy atom. The van der Waals surface area contributed by atoms with E-state index in [-0.39, 0.29) is 53.9 Å². The summed E-state index contributed by atoms with van der Waals surface area (Å²) in [6.07, 6.45) is -23.0. The number of thiazole rings is 1. The summed E-state index contributed by atoms with van der Waals surface area (Å²) in [4.78, 5) is 136. The maximum Gasteiger partial charge on any atom is 0.404 e. The molecule has 2 fully saturated rings. The smallest absolute Gasteiger partial charge is 0.404 e. The molecule has 0 radical (unpaired) electrons. The summed E-state index contributed by atoms with van der Waals surface area (Å²) in [5.74, 6) is -8.82. The number of aromatic amines is 2. The number of amides is 6. The van der Waals surface area contributed by atoms with Crippen LogP contribution in [0.2, 0.25) is 0 Å². The zero-order chi connectivity index (χ0) is 71.0. The second-order valence-electron chi connectivity index (χ2n) is 23.7. The van der Waals surface area contributed by atoms with E-state index in [0.717, 1.165) is 25.5 Å². The molecule has 0 spiro atoms. The van der Waals surface area contributed by atoms with E-state index in [4.69, 9.17) is 52.4 Å². The Bertz CT molecular complexity index is 3270. The van der Waals surface area contributed by atoms with E-state index >= 15 is 4.79 Å². The molecule has 532 valence electrons. The fraction of sp³-hybridized carbons (Fsp3) is 0.632. The topological polar surface area (TPSA) is 622 Å². The van der Waals surface area contributed by atoms with Crippen LogP contribution in [0.25, 0.3) is 11.5 Å². The number of ketones is 2. The third-order valence-electron chi connectivity index (χ3n) is 16.0. The predicted octanol–water partition coefficient (Wildman–Crippen LogP) is -6.43. The van der Waals surface area contributed by atoms with Crippen molar-refractivity contribution in [1.29, 1.82) is 0 Å². The summed E-state index contributed by atoms with van der Waals surface area (Å²) in [6, 6.07) is -6.08. The normalized spacial score (nSPS) is 24.1. The fourth-order valence-electron chi connectivity index (χ4n) is 10.4. The number of nitrogens with two attached hydrogens (primary N) is 5. The summed E-state index contributed by atoms with van der Waals surface area (Å²) in [5.41, 5.74) is 28.2. The molecular weight excluding hydrogens is 1290 g/mol. The van der Waals surface area contributed by atoms with Gasteiger partial charge in [0, 0.05) is 43.3 Å². The molecule has 0 aliphatic carbocycles. The fourth-order valence-corrected chi connectivity index (χ4v) is 11.2. The molecule has 19 unspecified atom stereocenters. The van der Waals surface area contributed by atoms with Gasteiger partial charge in [-0.15, -0.1) is 11.3 Å². The Morgan fingerprint density at radius 3 is 2.14 bits per heavy atom. The Kier molecular flexibility index (Phi) is 28.6. The van der Waals surface area contributed by atoms with Crippen LogP contribution in [0.4, 0.5) is 10.6 Å². The Hall–Kier alpha value is -7.71. The van der Waals surface area contributed by atoms with Crippen LogP contribution in [-0.2, 0) is 54.1 Å². The molecule has 2 aliphatic heterocycles. The van der Waals surface area contributed by atoms with Crippen molar-refractivity contribution in [3.8, 4) is 11.5 Å². The molecule has 0 aromatic carbocycles. The average molecular weight is 1380 g/mol. The van der Waals surface area contributed by atoms with Crippen LogP contribution in [0.3, 0.4) is 0 Å². The second kappa shape index (κ2) is 35.5. The largest absolute Gasteiger partial charge is 0.441 e. The van der Waals surface area contributed by atoms with E-state index in [9.17, 15) is 74.4 Å². The van der Waals surface area contributed by atoms with E-state index < -0.39 is 189 Å². The van der Waals surface area contributed by atoms with Crippen LogP contribution in [0, 0.1) is 18.8 Å². The Morgan fingerprint density at radius 2 is 1.51 bits per heavy atom. The van der Waals surface area contributed by atoms with Crippen LogP contribution >= 0.6 is 11.3 Å². The minimum Gasteiger partial charge on any atom is -0.441 e. The van der Waals surface area contributed by atoms with E-state index in [1.807, 2.05) is 19.0 Å². The number of hydrogen-bond acceptors (Lipinski definition) is 31. The molecule has 4 aromatic rings. The molecule has 6 rings (SSSR count). The third-order valence-corrected chi connectivity index (χ3v) is 16.9. The highest BCUT2D eigenvalue weighted by Gasteiger charge is 2.54. The standard InChI is InChI=1S/C57H87N17O21S/c1-22(40(81)24(3)52(87)71-38(25(4)77)31(78)9-7-10-36-68-30(20-96-36)50-66-17-29(69-50)53(88)64-11-8-12-74(5)6)13-32(79)39(72-54(89)37-23(2)48(60)73-51(70-37)27(14-35(59)80)65-15-26(58)49(61)86)45(28-16-63-21-67-28)93-56-47(43(84)41(82)33(18-75)92-56)94-55-44(85)46(95-57(62)90)42(83)34(19-76)91-55/h16-17,20-22,24-27,33-34,38-47,55-56,65,75-77,81-85H,7-15,18-19,58H2,1-6H3,(H2,59,80)(H2,61,86)(H2,62,90)(H,63,67)(H,64,88)(H,66,69)(H,71,87)(H,72,89)(H2,60,70,73). The number of imidazole rings is 2. The number of aliphatic hydroxyl groups is 8. The number of primary amides is 3. The van der Waals surface area contributed by atoms with Gasteiger partial charge in [-0.05, 0) is 59.7 Å². The minimum absolute atomic E-state index is 0.0996. The zero-order valence-electron chi connectivity index (χ0n) is 53.4. The lowest BCUT2D eigenvalue weighted by molar-refractivity contribution is -0.372. The molecule has 0 saturated carbocycles. The van der Waals surface area contributed by atoms with Crippen molar-refractivity contribution in [2.45, 2.75) is 170 Å². The van der Waals surface area contributed by atoms with Gasteiger partial charge >= 0.3 is 6.09 Å². The average Bonchev–Trinajstić information content (AvgIpc) is 1.02. The van der Waals surface area contributed by atoms with Crippen LogP contribution in [-0.4, -0.2) is 267 Å². The summed E-state index contributed by atoms with van der Waals surface area (Å²) < 4.78 is 28.8. The van der Waals surface area contributed by atoms with E-state index in [1.54, 1.807) is 5.38 Å². The highest BCUT2D eigenvalue weighted by Crippen LogP contribution is 2.35. The van der Waals surface area contributed by atoms with Crippen molar-refractivity contribution >= 4 is 64.4 Å². The van der Waals surface area contributed by atoms with E-state index in [2.05, 4.69) is 56.2 Å². The van der Waals surface area contributed by atoms with E-state index in [1.165, 1.54) is 45.2 Å². The number of carbonyl (C=O) groups excluding carboxylic acids is 8. The maximum absolute atomic E-state index is 15.3. The quantitative estimate of drug-likeness (QED) is 0.0187. The van der Waals surface area contributed by atoms with Crippen molar-refractivity contribution in [2.75, 3.05) is 52.7 Å². The maximum atomic E-state index is 15.3. The highest BCUT2D eigenvalue weighted by molar-refractivity contribution is 7.09. The zero-order valence-corrected chi connectivity index (χ0v) is 54.2. The monoisotopic (exact) mass is 1380 g/mol. The number of aliphatic hydroxyl groups excluding tert-OH is 8. The lowest BCUT2D eigenvalue weighted by Crippen LogP contribution is -2.65. The molecule has 2 aliphatic rings. The van der Waals surface area contributed by atoms with Gasteiger partial charge in [0.05, 0.1) is 72.8 Å². The second-order valence-corrected chi connectivity index (χ2v) is 24.6. The van der Waals surface area contributed by atoms with Crippen molar-refractivity contribution < 1.29 is 103 Å². The van der Waals surface area contributed by atoms with Gasteiger partial charge in [0.15, 0.2) is 36.1 Å². The first kappa shape index (κ1) is 77.3. The summed E-state index contributed by atoms with van der Waals surface area (Å²) in [5, 5.41) is 101. The molecule has 6 heterocycles. The molecule has 19 atom stereocenters. The number of nitrogen functional groups attached to an aromatic ring is 1. The first-order chi connectivity index (χ1) is 45.3. The lowest BCUT2D eigenvalue weighted by Gasteiger charge is -2.47. The number of nitrogens with one attached hydrogen (secondary N) is 6. The van der Waals surface area contributed by atoms with Crippen LogP contribution in [0.15, 0.2) is 24.1 Å². The number of ether oxygens (including phenoxy) is 5. The number of nitrogens with zero attached hydrogens (tertiary/aromatic N) is 6. The van der Waals surface area contributed by atoms with Crippen LogP contribution in [0.5, 0.6) is 0 Å². The minimum atomic E-state index is -2.18. The van der Waals surface area contributed by atoms with Gasteiger partial charge < -0.3 is 129 Å². The number of H-pyrrole nitrogens is 2. The van der Waals surface area contributed by atoms with Gasteiger partial charge in [0.25, 0.3) is 11.8 Å². The highest BCUT2D eigenvalue weighted by atomic mass is 32.1. The van der Waals surface area contributed by atoms with Gasteiger partial charge in [-0.2, -0.15) is 0 Å². The Balaban J connectivity index is 1.26. The first-order valence-corrected chi connectivity index (χ1v) is 31.4. The predicted molar refractivity (Wildman–Crippen MR) is 332 cm³/mol. The Labute approximate surface area is 553 Å². The van der Waals surface area contributed by atoms with Gasteiger partial charge in [0.2, 0.25) is 17.7 Å². The van der Waals surface area contributed by atoms with Crippen molar-refractivity contribution in [2.24, 2.45) is 34.8 Å². The molecule has 24 N–H and O–H groups in total. The van der Waals surface area contributed by atoms with Crippen LogP contribution in [0.1, 0.15) is 108 Å². The molecule has 96 heavy (non-hydrogen) atoms. The molecule has 4 aromatic heterocycles. The first-order valence-electron chi connectivity index (χ1n) is 30.5. The number of aromatic nitrogens is 7. The van der Waals surface area contributed by atoms with Crippen molar-refractivity contribution in [1.82, 2.24) is 61.1 Å². The molecule has 38 nitrogen and oxygen atoms in total. The summed E-state index contributed by atoms with van der Waals surface area (Å²) in [7, 11) is 3.87.